The Bertz CT molecular complexity index is 807. The van der Waals surface area contributed by atoms with Crippen molar-refractivity contribution in [3.05, 3.63) is 40.4 Å². The van der Waals surface area contributed by atoms with Gasteiger partial charge in [0.15, 0.2) is 5.13 Å². The Morgan fingerprint density at radius 1 is 1.35 bits per heavy atom. The van der Waals surface area contributed by atoms with Crippen LogP contribution < -0.4 is 5.32 Å². The molecular formula is C18H21N3O3S2. The van der Waals surface area contributed by atoms with Crippen LogP contribution in [0.2, 0.25) is 0 Å². The molecule has 0 saturated carbocycles. The van der Waals surface area contributed by atoms with Crippen molar-refractivity contribution in [1.29, 1.82) is 0 Å². The topological polar surface area (TPSA) is 71.5 Å². The van der Waals surface area contributed by atoms with Gasteiger partial charge in [0.25, 0.3) is 5.91 Å². The van der Waals surface area contributed by atoms with Gasteiger partial charge in [0.1, 0.15) is 0 Å². The third kappa shape index (κ3) is 4.19. The van der Waals surface area contributed by atoms with Gasteiger partial charge in [-0.3, -0.25) is 10.1 Å². The zero-order valence-corrected chi connectivity index (χ0v) is 16.4. The van der Waals surface area contributed by atoms with Crippen molar-refractivity contribution in [2.75, 3.05) is 24.2 Å². The van der Waals surface area contributed by atoms with Gasteiger partial charge in [0, 0.05) is 22.7 Å². The molecular weight excluding hydrogens is 370 g/mol. The summed E-state index contributed by atoms with van der Waals surface area (Å²) in [6.07, 6.45) is 0.366. The minimum atomic E-state index is -0.303. The molecule has 0 fully saturated rings. The van der Waals surface area contributed by atoms with E-state index in [0.717, 1.165) is 21.2 Å². The Labute approximate surface area is 160 Å². The third-order valence-electron chi connectivity index (χ3n) is 3.91. The number of hydrogen-bond donors (Lipinski definition) is 1. The number of amides is 2. The number of thiazole rings is 1. The van der Waals surface area contributed by atoms with Crippen LogP contribution in [0.1, 0.15) is 34.8 Å². The molecule has 8 heteroatoms. The standard InChI is InChI=1S/C18H21N3O3S2/c1-3-24-18(23)21-10-9-13-15(11-21)26-17(19-13)20-16(22)12-7-5-6-8-14(12)25-4-2/h5-8H,3-4,9-11H2,1-2H3,(H,19,20,22). The first-order valence-corrected chi connectivity index (χ1v) is 10.4. The summed E-state index contributed by atoms with van der Waals surface area (Å²) >= 11 is 3.06. The highest BCUT2D eigenvalue weighted by Crippen LogP contribution is 2.30. The van der Waals surface area contributed by atoms with Gasteiger partial charge in [0.05, 0.1) is 24.4 Å². The van der Waals surface area contributed by atoms with Gasteiger partial charge < -0.3 is 9.64 Å². The summed E-state index contributed by atoms with van der Waals surface area (Å²) in [7, 11) is 0. The van der Waals surface area contributed by atoms with Gasteiger partial charge in [-0.25, -0.2) is 9.78 Å². The Balaban J connectivity index is 1.71. The van der Waals surface area contributed by atoms with E-state index in [1.165, 1.54) is 11.3 Å². The lowest BCUT2D eigenvalue weighted by Gasteiger charge is -2.24. The first kappa shape index (κ1) is 18.7. The molecule has 0 spiro atoms. The van der Waals surface area contributed by atoms with Crippen LogP contribution in [0, 0.1) is 0 Å². The fourth-order valence-electron chi connectivity index (χ4n) is 2.72. The molecule has 26 heavy (non-hydrogen) atoms. The number of benzene rings is 1. The van der Waals surface area contributed by atoms with Crippen molar-refractivity contribution in [3.63, 3.8) is 0 Å². The van der Waals surface area contributed by atoms with Crippen LogP contribution in [0.15, 0.2) is 29.2 Å². The largest absolute Gasteiger partial charge is 0.450 e. The number of carbonyl (C=O) groups is 2. The zero-order valence-electron chi connectivity index (χ0n) is 14.8. The fourth-order valence-corrected chi connectivity index (χ4v) is 4.54. The average molecular weight is 392 g/mol. The molecule has 0 saturated heterocycles. The summed E-state index contributed by atoms with van der Waals surface area (Å²) in [4.78, 5) is 32.7. The maximum Gasteiger partial charge on any atom is 0.410 e. The zero-order chi connectivity index (χ0) is 18.5. The molecule has 1 aliphatic rings. The number of hydrogen-bond acceptors (Lipinski definition) is 6. The van der Waals surface area contributed by atoms with E-state index in [1.807, 2.05) is 24.3 Å². The second-order valence-corrected chi connectivity index (χ2v) is 8.03. The van der Waals surface area contributed by atoms with Crippen LogP contribution in [0.5, 0.6) is 0 Å². The molecule has 138 valence electrons. The molecule has 0 aliphatic carbocycles. The first-order chi connectivity index (χ1) is 12.6. The molecule has 1 aromatic carbocycles. The Kier molecular flexibility index (Phi) is 6.16. The number of fused-ring (bicyclic) bond motifs is 1. The van der Waals surface area contributed by atoms with Crippen molar-refractivity contribution in [3.8, 4) is 0 Å². The van der Waals surface area contributed by atoms with E-state index in [0.29, 0.717) is 36.8 Å². The molecule has 2 amide bonds. The van der Waals surface area contributed by atoms with E-state index in [-0.39, 0.29) is 12.0 Å². The second kappa shape index (κ2) is 8.55. The minimum Gasteiger partial charge on any atom is -0.450 e. The molecule has 1 aliphatic heterocycles. The Morgan fingerprint density at radius 3 is 2.92 bits per heavy atom. The number of carbonyl (C=O) groups excluding carboxylic acids is 2. The maximum absolute atomic E-state index is 12.6. The summed E-state index contributed by atoms with van der Waals surface area (Å²) < 4.78 is 5.06. The van der Waals surface area contributed by atoms with Crippen molar-refractivity contribution < 1.29 is 14.3 Å². The number of rotatable bonds is 5. The van der Waals surface area contributed by atoms with Crippen LogP contribution in [0.4, 0.5) is 9.93 Å². The van der Waals surface area contributed by atoms with Gasteiger partial charge in [-0.15, -0.1) is 11.8 Å². The lowest BCUT2D eigenvalue weighted by Crippen LogP contribution is -2.35. The fraction of sp³-hybridized carbons (Fsp3) is 0.389. The van der Waals surface area contributed by atoms with Crippen molar-refractivity contribution in [2.24, 2.45) is 0 Å². The molecule has 0 unspecified atom stereocenters. The lowest BCUT2D eigenvalue weighted by atomic mass is 10.2. The molecule has 2 heterocycles. The highest BCUT2D eigenvalue weighted by atomic mass is 32.2. The van der Waals surface area contributed by atoms with Crippen LogP contribution >= 0.6 is 23.1 Å². The van der Waals surface area contributed by atoms with Crippen LogP contribution in [-0.4, -0.2) is 40.8 Å². The van der Waals surface area contributed by atoms with E-state index in [4.69, 9.17) is 4.74 Å². The summed E-state index contributed by atoms with van der Waals surface area (Å²) in [5.41, 5.74) is 1.60. The predicted molar refractivity (Wildman–Crippen MR) is 104 cm³/mol. The molecule has 0 radical (unpaired) electrons. The molecule has 6 nitrogen and oxygen atoms in total. The smallest absolute Gasteiger partial charge is 0.410 e. The predicted octanol–water partition coefficient (Wildman–Crippen LogP) is 4.02. The van der Waals surface area contributed by atoms with E-state index in [1.54, 1.807) is 23.6 Å². The quantitative estimate of drug-likeness (QED) is 0.780. The van der Waals surface area contributed by atoms with Crippen molar-refractivity contribution >= 4 is 40.2 Å². The lowest BCUT2D eigenvalue weighted by molar-refractivity contribution is 0.102. The van der Waals surface area contributed by atoms with Gasteiger partial charge in [0.2, 0.25) is 0 Å². The SMILES string of the molecule is CCOC(=O)N1CCc2nc(NC(=O)c3ccccc3SCC)sc2C1. The number of nitrogens with zero attached hydrogens (tertiary/aromatic N) is 2. The summed E-state index contributed by atoms with van der Waals surface area (Å²) in [5.74, 6) is 0.745. The van der Waals surface area contributed by atoms with Gasteiger partial charge in [-0.1, -0.05) is 30.4 Å². The van der Waals surface area contributed by atoms with Gasteiger partial charge >= 0.3 is 6.09 Å². The van der Waals surface area contributed by atoms with Gasteiger partial charge in [-0.05, 0) is 24.8 Å². The van der Waals surface area contributed by atoms with Gasteiger partial charge in [-0.2, -0.15) is 0 Å². The van der Waals surface area contributed by atoms with E-state index < -0.39 is 0 Å². The summed E-state index contributed by atoms with van der Waals surface area (Å²) in [5, 5.41) is 3.48. The first-order valence-electron chi connectivity index (χ1n) is 8.55. The van der Waals surface area contributed by atoms with Crippen LogP contribution in [-0.2, 0) is 17.7 Å². The third-order valence-corrected chi connectivity index (χ3v) is 5.86. The summed E-state index contributed by atoms with van der Waals surface area (Å²) in [6.45, 7) is 5.27. The average Bonchev–Trinajstić information content (AvgIpc) is 3.04. The van der Waals surface area contributed by atoms with E-state index in [2.05, 4.69) is 17.2 Å². The van der Waals surface area contributed by atoms with Crippen LogP contribution in [0.25, 0.3) is 0 Å². The van der Waals surface area contributed by atoms with E-state index in [9.17, 15) is 9.59 Å². The molecule has 0 atom stereocenters. The molecule has 1 N–H and O–H groups in total. The Hall–Kier alpha value is -2.06. The number of nitrogens with one attached hydrogen (secondary N) is 1. The maximum atomic E-state index is 12.6. The summed E-state index contributed by atoms with van der Waals surface area (Å²) in [6, 6.07) is 7.57. The minimum absolute atomic E-state index is 0.158. The normalized spacial score (nSPS) is 13.2. The number of thioether (sulfide) groups is 1. The highest BCUT2D eigenvalue weighted by molar-refractivity contribution is 7.99. The van der Waals surface area contributed by atoms with Crippen LogP contribution in [0.3, 0.4) is 0 Å². The second-order valence-electron chi connectivity index (χ2n) is 5.64. The monoisotopic (exact) mass is 391 g/mol. The number of ether oxygens (including phenoxy) is 1. The molecule has 2 aromatic rings. The highest BCUT2D eigenvalue weighted by Gasteiger charge is 2.25. The molecule has 1 aromatic heterocycles. The Morgan fingerprint density at radius 2 is 2.15 bits per heavy atom. The molecule has 0 bridgehead atoms. The van der Waals surface area contributed by atoms with E-state index >= 15 is 0 Å². The molecule has 3 rings (SSSR count). The number of anilines is 1. The van der Waals surface area contributed by atoms with Crippen molar-refractivity contribution in [2.45, 2.75) is 31.7 Å². The number of aromatic nitrogens is 1. The van der Waals surface area contributed by atoms with Crippen molar-refractivity contribution in [1.82, 2.24) is 9.88 Å².